The Morgan fingerprint density at radius 2 is 1.68 bits per heavy atom. The van der Waals surface area contributed by atoms with Crippen molar-refractivity contribution in [3.05, 3.63) is 90.0 Å². The van der Waals surface area contributed by atoms with Crippen molar-refractivity contribution in [2.24, 2.45) is 4.99 Å². The highest BCUT2D eigenvalue weighted by molar-refractivity contribution is 7.92. The number of benzene rings is 3. The lowest BCUT2D eigenvalue weighted by molar-refractivity contribution is -0.143. The number of carbonyl (C=O) groups is 1. The van der Waals surface area contributed by atoms with E-state index in [1.54, 1.807) is 31.2 Å². The van der Waals surface area contributed by atoms with E-state index in [1.807, 2.05) is 54.6 Å². The van der Waals surface area contributed by atoms with Crippen LogP contribution in [0.4, 0.5) is 11.4 Å². The van der Waals surface area contributed by atoms with Crippen molar-refractivity contribution in [2.75, 3.05) is 23.7 Å². The fraction of sp³-hybridized carbons (Fsp3) is 0.214. The van der Waals surface area contributed by atoms with Gasteiger partial charge in [0, 0.05) is 29.4 Å². The first-order chi connectivity index (χ1) is 17.8. The second-order valence-electron chi connectivity index (χ2n) is 8.48. The number of nitrogens with one attached hydrogen (secondary N) is 1. The number of aliphatic imine (C=N–C) groups is 1. The monoisotopic (exact) mass is 519 g/mol. The van der Waals surface area contributed by atoms with Crippen molar-refractivity contribution in [1.29, 1.82) is 0 Å². The molecule has 4 aromatic rings. The summed E-state index contributed by atoms with van der Waals surface area (Å²) in [6.45, 7) is 2.17. The van der Waals surface area contributed by atoms with E-state index in [0.717, 1.165) is 22.7 Å². The quantitative estimate of drug-likeness (QED) is 0.222. The number of para-hydroxylation sites is 1. The number of rotatable bonds is 10. The molecule has 8 nitrogen and oxygen atoms in total. The molecule has 0 radical (unpaired) electrons. The molecule has 192 valence electrons. The van der Waals surface area contributed by atoms with Crippen LogP contribution in [0.25, 0.3) is 10.9 Å². The van der Waals surface area contributed by atoms with Gasteiger partial charge < -0.3 is 14.8 Å². The van der Waals surface area contributed by atoms with Gasteiger partial charge in [0.25, 0.3) is 0 Å². The van der Waals surface area contributed by atoms with Gasteiger partial charge in [0.15, 0.2) is 5.88 Å². The summed E-state index contributed by atoms with van der Waals surface area (Å²) in [5, 5.41) is 11.6. The summed E-state index contributed by atoms with van der Waals surface area (Å²) in [6.07, 6.45) is 1.61. The number of aromatic hydroxyl groups is 1. The van der Waals surface area contributed by atoms with E-state index in [-0.39, 0.29) is 31.4 Å². The molecule has 0 aliphatic rings. The highest BCUT2D eigenvalue weighted by Gasteiger charge is 2.20. The third-order valence-corrected chi connectivity index (χ3v) is 6.99. The summed E-state index contributed by atoms with van der Waals surface area (Å²) in [5.74, 6) is -0.333. The highest BCUT2D eigenvalue weighted by Crippen LogP contribution is 2.32. The summed E-state index contributed by atoms with van der Waals surface area (Å²) in [5.41, 5.74) is 3.85. The van der Waals surface area contributed by atoms with Gasteiger partial charge in [-0.2, -0.15) is 0 Å². The number of aromatic amines is 1. The van der Waals surface area contributed by atoms with E-state index in [2.05, 4.69) is 4.98 Å². The first-order valence-corrected chi connectivity index (χ1v) is 13.8. The SMILES string of the molecule is CCOC(=O)CCCN(c1ccc(N=C(c2ccccc2)c2c(O)[nH]c3ccccc23)cc1)S(C)(=O)=O. The van der Waals surface area contributed by atoms with Crippen LogP contribution in [-0.2, 0) is 19.6 Å². The summed E-state index contributed by atoms with van der Waals surface area (Å²) in [7, 11) is -3.56. The van der Waals surface area contributed by atoms with Gasteiger partial charge in [0.05, 0.1) is 35.5 Å². The molecule has 1 aromatic heterocycles. The van der Waals surface area contributed by atoms with Gasteiger partial charge >= 0.3 is 5.97 Å². The Hall–Kier alpha value is -4.11. The summed E-state index contributed by atoms with van der Waals surface area (Å²) < 4.78 is 31.1. The number of hydrogen-bond acceptors (Lipinski definition) is 6. The standard InChI is InChI=1S/C28H29N3O5S/c1-3-36-25(32)14-9-19-31(37(2,34)35)22-17-15-21(16-18-22)29-27(20-10-5-4-6-11-20)26-23-12-7-8-13-24(23)30-28(26)33/h4-8,10-13,15-18,30,33H,3,9,14,19H2,1-2H3. The molecule has 0 spiro atoms. The molecule has 0 amide bonds. The number of H-pyrrole nitrogens is 1. The molecule has 0 bridgehead atoms. The Morgan fingerprint density at radius 1 is 1.00 bits per heavy atom. The van der Waals surface area contributed by atoms with Crippen LogP contribution < -0.4 is 4.31 Å². The van der Waals surface area contributed by atoms with Gasteiger partial charge in [-0.15, -0.1) is 0 Å². The van der Waals surface area contributed by atoms with Gasteiger partial charge in [-0.25, -0.2) is 13.4 Å². The lowest BCUT2D eigenvalue weighted by Crippen LogP contribution is -2.31. The molecule has 2 N–H and O–H groups in total. The van der Waals surface area contributed by atoms with E-state index in [4.69, 9.17) is 9.73 Å². The Morgan fingerprint density at radius 3 is 2.35 bits per heavy atom. The zero-order valence-electron chi connectivity index (χ0n) is 20.7. The lowest BCUT2D eigenvalue weighted by atomic mass is 10.0. The molecular weight excluding hydrogens is 490 g/mol. The number of carbonyl (C=O) groups excluding carboxylic acids is 1. The molecule has 4 rings (SSSR count). The first kappa shape index (κ1) is 26.0. The molecule has 9 heteroatoms. The van der Waals surface area contributed by atoms with Crippen LogP contribution in [0.3, 0.4) is 0 Å². The Balaban J connectivity index is 1.68. The van der Waals surface area contributed by atoms with Gasteiger partial charge in [-0.05, 0) is 43.7 Å². The maximum absolute atomic E-state index is 12.4. The number of nitrogens with zero attached hydrogens (tertiary/aromatic N) is 2. The molecule has 0 unspecified atom stereocenters. The predicted molar refractivity (Wildman–Crippen MR) is 146 cm³/mol. The van der Waals surface area contributed by atoms with E-state index >= 15 is 0 Å². The molecule has 0 saturated carbocycles. The minimum absolute atomic E-state index is 0.0188. The topological polar surface area (TPSA) is 112 Å². The van der Waals surface area contributed by atoms with Crippen LogP contribution in [0, 0.1) is 0 Å². The van der Waals surface area contributed by atoms with Gasteiger partial charge in [-0.1, -0.05) is 48.5 Å². The molecule has 0 aliphatic carbocycles. The summed E-state index contributed by atoms with van der Waals surface area (Å²) in [4.78, 5) is 19.5. The van der Waals surface area contributed by atoms with Gasteiger partial charge in [-0.3, -0.25) is 9.10 Å². The second-order valence-corrected chi connectivity index (χ2v) is 10.4. The van der Waals surface area contributed by atoms with Crippen molar-refractivity contribution in [1.82, 2.24) is 4.98 Å². The second kappa shape index (κ2) is 11.3. The van der Waals surface area contributed by atoms with Crippen LogP contribution in [0.5, 0.6) is 5.88 Å². The average Bonchev–Trinajstić information content (AvgIpc) is 3.21. The fourth-order valence-corrected chi connectivity index (χ4v) is 5.10. The number of sulfonamides is 1. The minimum atomic E-state index is -3.56. The van der Waals surface area contributed by atoms with Crippen LogP contribution in [-0.4, -0.2) is 49.6 Å². The molecule has 37 heavy (non-hydrogen) atoms. The number of ether oxygens (including phenoxy) is 1. The normalized spacial score (nSPS) is 12.0. The Labute approximate surface area is 216 Å². The molecule has 0 atom stereocenters. The van der Waals surface area contributed by atoms with Crippen molar-refractivity contribution >= 4 is 44.0 Å². The van der Waals surface area contributed by atoms with Crippen LogP contribution in [0.1, 0.15) is 30.9 Å². The average molecular weight is 520 g/mol. The fourth-order valence-electron chi connectivity index (χ4n) is 4.14. The minimum Gasteiger partial charge on any atom is -0.494 e. The number of anilines is 1. The van der Waals surface area contributed by atoms with Crippen molar-refractivity contribution in [2.45, 2.75) is 19.8 Å². The molecular formula is C28H29N3O5S. The number of fused-ring (bicyclic) bond motifs is 1. The van der Waals surface area contributed by atoms with E-state index in [0.29, 0.717) is 29.1 Å². The summed E-state index contributed by atoms with van der Waals surface area (Å²) >= 11 is 0. The van der Waals surface area contributed by atoms with Crippen LogP contribution >= 0.6 is 0 Å². The Kier molecular flexibility index (Phi) is 7.93. The van der Waals surface area contributed by atoms with Crippen LogP contribution in [0.2, 0.25) is 0 Å². The zero-order valence-corrected chi connectivity index (χ0v) is 21.5. The zero-order chi connectivity index (χ0) is 26.4. The largest absolute Gasteiger partial charge is 0.494 e. The third-order valence-electron chi connectivity index (χ3n) is 5.80. The number of aromatic nitrogens is 1. The molecule has 0 aliphatic heterocycles. The van der Waals surface area contributed by atoms with Crippen molar-refractivity contribution in [3.8, 4) is 5.88 Å². The van der Waals surface area contributed by atoms with E-state index in [9.17, 15) is 18.3 Å². The Bertz CT molecular complexity index is 1510. The van der Waals surface area contributed by atoms with Gasteiger partial charge in [0.1, 0.15) is 0 Å². The lowest BCUT2D eigenvalue weighted by Gasteiger charge is -2.22. The molecule has 0 fully saturated rings. The highest BCUT2D eigenvalue weighted by atomic mass is 32.2. The number of esters is 1. The number of hydrogen-bond donors (Lipinski definition) is 2. The maximum Gasteiger partial charge on any atom is 0.305 e. The van der Waals surface area contributed by atoms with Crippen molar-refractivity contribution in [3.63, 3.8) is 0 Å². The molecule has 3 aromatic carbocycles. The first-order valence-electron chi connectivity index (χ1n) is 12.0. The van der Waals surface area contributed by atoms with Crippen molar-refractivity contribution < 1.29 is 23.1 Å². The maximum atomic E-state index is 12.4. The third kappa shape index (κ3) is 6.18. The molecule has 1 heterocycles. The summed E-state index contributed by atoms with van der Waals surface area (Å²) in [6, 6.07) is 24.0. The van der Waals surface area contributed by atoms with E-state index in [1.165, 1.54) is 4.31 Å². The van der Waals surface area contributed by atoms with Crippen LogP contribution in [0.15, 0.2) is 83.9 Å². The van der Waals surface area contributed by atoms with Gasteiger partial charge in [0.2, 0.25) is 10.0 Å². The smallest absolute Gasteiger partial charge is 0.305 e. The molecule has 0 saturated heterocycles. The van der Waals surface area contributed by atoms with E-state index < -0.39 is 10.0 Å². The predicted octanol–water partition coefficient (Wildman–Crippen LogP) is 5.15.